The van der Waals surface area contributed by atoms with Crippen molar-refractivity contribution in [2.24, 2.45) is 0 Å². The van der Waals surface area contributed by atoms with Gasteiger partial charge in [-0.15, -0.1) is 0 Å². The number of carbonyl (C=O) groups excluding carboxylic acids is 2. The van der Waals surface area contributed by atoms with Gasteiger partial charge in [-0.25, -0.2) is 18.4 Å². The fraction of sp³-hybridized carbons (Fsp3) is 0.111. The van der Waals surface area contributed by atoms with Gasteiger partial charge < -0.3 is 0 Å². The normalized spacial score (nSPS) is 13.7. The van der Waals surface area contributed by atoms with Crippen molar-refractivity contribution in [2.75, 3.05) is 4.90 Å². The van der Waals surface area contributed by atoms with Crippen LogP contribution in [0, 0.1) is 11.6 Å². The summed E-state index contributed by atoms with van der Waals surface area (Å²) in [5.74, 6) is -2.77. The van der Waals surface area contributed by atoms with Crippen molar-refractivity contribution in [3.05, 3.63) is 112 Å². The van der Waals surface area contributed by atoms with E-state index in [2.05, 4.69) is 5.10 Å². The minimum absolute atomic E-state index is 0.0183. The van der Waals surface area contributed by atoms with Crippen molar-refractivity contribution in [3.8, 4) is 5.69 Å². The fourth-order valence-electron chi connectivity index (χ4n) is 4.33. The van der Waals surface area contributed by atoms with Crippen molar-refractivity contribution < 1.29 is 22.9 Å². The molecule has 0 fully saturated rings. The van der Waals surface area contributed by atoms with Gasteiger partial charge in [-0.05, 0) is 42.8 Å². The predicted molar refractivity (Wildman–Crippen MR) is 129 cm³/mol. The summed E-state index contributed by atoms with van der Waals surface area (Å²) < 4.78 is 30.9. The fourth-order valence-corrected chi connectivity index (χ4v) is 4.33. The van der Waals surface area contributed by atoms with Crippen molar-refractivity contribution in [2.45, 2.75) is 19.8 Å². The number of H-pyrrole nitrogens is 1. The standard InChI is InChI=1S/C27H20F2N4O3/c1-2-8-20-22(26(35)33(30-20)18-13-11-17(28)12-14-18)23-24(31-15-6-3-7-16-31)27(36)32(25(23)34)21-10-5-4-9-19(21)29/h3-7,9-16H,2,8H2,1H3/p+1. The zero-order chi connectivity index (χ0) is 25.4. The van der Waals surface area contributed by atoms with Gasteiger partial charge in [0.25, 0.3) is 17.2 Å². The molecule has 2 aromatic carbocycles. The molecule has 3 heterocycles. The van der Waals surface area contributed by atoms with Crippen molar-refractivity contribution in [3.63, 3.8) is 0 Å². The number of carbonyl (C=O) groups is 2. The largest absolute Gasteiger partial charge is 0.331 e. The highest BCUT2D eigenvalue weighted by Gasteiger charge is 2.48. The summed E-state index contributed by atoms with van der Waals surface area (Å²) in [5.41, 5.74) is -0.165. The van der Waals surface area contributed by atoms with E-state index in [1.165, 1.54) is 51.7 Å². The van der Waals surface area contributed by atoms with Gasteiger partial charge in [0, 0.05) is 17.8 Å². The summed E-state index contributed by atoms with van der Waals surface area (Å²) >= 11 is 0. The number of pyridine rings is 1. The highest BCUT2D eigenvalue weighted by Crippen LogP contribution is 2.34. The summed E-state index contributed by atoms with van der Waals surface area (Å²) in [6.07, 6.45) is 4.19. The van der Waals surface area contributed by atoms with Crippen LogP contribution in [0.2, 0.25) is 0 Å². The smallest absolute Gasteiger partial charge is 0.294 e. The van der Waals surface area contributed by atoms with Crippen LogP contribution in [-0.2, 0) is 16.0 Å². The van der Waals surface area contributed by atoms with E-state index in [4.69, 9.17) is 0 Å². The van der Waals surface area contributed by atoms with Crippen molar-refractivity contribution >= 4 is 28.8 Å². The van der Waals surface area contributed by atoms with Gasteiger partial charge in [0.15, 0.2) is 12.4 Å². The van der Waals surface area contributed by atoms with Crippen molar-refractivity contribution in [1.82, 2.24) is 9.78 Å². The van der Waals surface area contributed by atoms with E-state index in [-0.39, 0.29) is 22.5 Å². The molecule has 0 radical (unpaired) electrons. The summed E-state index contributed by atoms with van der Waals surface area (Å²) in [7, 11) is 0. The van der Waals surface area contributed by atoms with Gasteiger partial charge in [0.1, 0.15) is 17.2 Å². The molecule has 2 aromatic heterocycles. The Morgan fingerprint density at radius 1 is 0.861 bits per heavy atom. The zero-order valence-corrected chi connectivity index (χ0v) is 19.2. The topological polar surface area (TPSA) is 79.1 Å². The maximum absolute atomic E-state index is 14.7. The SMILES string of the molecule is CCCc1[nH]n(-c2ccc(F)cc2)c(=O)c1C1=C([n+]2ccccc2)C(=O)N(c2ccccc2F)C1=O. The lowest BCUT2D eigenvalue weighted by atomic mass is 10.0. The molecule has 1 aliphatic rings. The van der Waals surface area contributed by atoms with Gasteiger partial charge in [0.2, 0.25) is 0 Å². The average molecular weight is 487 g/mol. The number of hydrogen-bond acceptors (Lipinski definition) is 3. The molecule has 2 amide bonds. The van der Waals surface area contributed by atoms with Gasteiger partial charge in [0.05, 0.1) is 16.9 Å². The number of nitrogens with zero attached hydrogens (tertiary/aromatic N) is 3. The van der Waals surface area contributed by atoms with Crippen LogP contribution in [0.3, 0.4) is 0 Å². The molecule has 1 aliphatic heterocycles. The number of nitrogens with one attached hydrogen (secondary N) is 1. The lowest BCUT2D eigenvalue weighted by molar-refractivity contribution is -0.576. The monoisotopic (exact) mass is 487 g/mol. The molecular formula is C27H21F2N4O3+. The van der Waals surface area contributed by atoms with Gasteiger partial charge >= 0.3 is 5.91 Å². The number of imide groups is 1. The number of hydrogen-bond donors (Lipinski definition) is 1. The first-order valence-electron chi connectivity index (χ1n) is 11.4. The Hall–Kier alpha value is -4.66. The summed E-state index contributed by atoms with van der Waals surface area (Å²) in [4.78, 5) is 41.9. The Balaban J connectivity index is 1.78. The molecule has 7 nitrogen and oxygen atoms in total. The molecular weight excluding hydrogens is 466 g/mol. The van der Waals surface area contributed by atoms with Crippen LogP contribution in [0.1, 0.15) is 24.6 Å². The van der Waals surface area contributed by atoms with E-state index in [1.54, 1.807) is 30.6 Å². The number of para-hydroxylation sites is 1. The van der Waals surface area contributed by atoms with Crippen LogP contribution in [-0.4, -0.2) is 21.6 Å². The number of aromatic nitrogens is 3. The van der Waals surface area contributed by atoms with E-state index in [0.29, 0.717) is 24.2 Å². The Bertz CT molecular complexity index is 1570. The number of halogens is 2. The molecule has 36 heavy (non-hydrogen) atoms. The van der Waals surface area contributed by atoms with E-state index in [0.717, 1.165) is 11.0 Å². The quantitative estimate of drug-likeness (QED) is 0.333. The third kappa shape index (κ3) is 3.74. The summed E-state index contributed by atoms with van der Waals surface area (Å²) in [6.45, 7) is 1.91. The number of benzene rings is 2. The molecule has 0 atom stereocenters. The van der Waals surface area contributed by atoms with Crippen molar-refractivity contribution in [1.29, 1.82) is 0 Å². The maximum atomic E-state index is 14.7. The van der Waals surface area contributed by atoms with E-state index >= 15 is 0 Å². The molecule has 9 heteroatoms. The third-order valence-electron chi connectivity index (χ3n) is 5.93. The van der Waals surface area contributed by atoms with Gasteiger partial charge in [-0.2, -0.15) is 4.57 Å². The number of rotatable bonds is 6. The number of amides is 2. The summed E-state index contributed by atoms with van der Waals surface area (Å²) in [6, 6.07) is 15.9. The molecule has 5 rings (SSSR count). The van der Waals surface area contributed by atoms with Gasteiger partial charge in [-0.1, -0.05) is 31.5 Å². The van der Waals surface area contributed by atoms with E-state index in [9.17, 15) is 23.2 Å². The first-order valence-corrected chi connectivity index (χ1v) is 11.4. The number of aromatic amines is 1. The molecule has 180 valence electrons. The molecule has 1 N–H and O–H groups in total. The number of anilines is 1. The Morgan fingerprint density at radius 2 is 1.56 bits per heavy atom. The molecule has 0 spiro atoms. The summed E-state index contributed by atoms with van der Waals surface area (Å²) in [5, 5.41) is 3.02. The number of aryl methyl sites for hydroxylation is 1. The predicted octanol–water partition coefficient (Wildman–Crippen LogP) is 3.63. The first-order chi connectivity index (χ1) is 17.4. The molecule has 0 unspecified atom stereocenters. The zero-order valence-electron chi connectivity index (χ0n) is 19.2. The maximum Gasteiger partial charge on any atom is 0.331 e. The second kappa shape index (κ2) is 9.18. The minimum Gasteiger partial charge on any atom is -0.294 e. The Labute approximate surface area is 204 Å². The Morgan fingerprint density at radius 3 is 2.22 bits per heavy atom. The molecule has 0 aliphatic carbocycles. The van der Waals surface area contributed by atoms with Gasteiger partial charge in [-0.3, -0.25) is 19.5 Å². The highest BCUT2D eigenvalue weighted by molar-refractivity contribution is 6.53. The Kier molecular flexibility index (Phi) is 5.89. The van der Waals surface area contributed by atoms with Crippen LogP contribution in [0.4, 0.5) is 14.5 Å². The average Bonchev–Trinajstić information content (AvgIpc) is 3.33. The first kappa shape index (κ1) is 23.1. The van der Waals surface area contributed by atoms with Crippen LogP contribution < -0.4 is 15.0 Å². The lowest BCUT2D eigenvalue weighted by Gasteiger charge is -2.14. The second-order valence-electron chi connectivity index (χ2n) is 8.24. The van der Waals surface area contributed by atoms with Crippen LogP contribution >= 0.6 is 0 Å². The van der Waals surface area contributed by atoms with Crippen LogP contribution in [0.25, 0.3) is 17.0 Å². The molecule has 0 saturated carbocycles. The third-order valence-corrected chi connectivity index (χ3v) is 5.93. The molecule has 0 bridgehead atoms. The van der Waals surface area contributed by atoms with E-state index in [1.807, 2.05) is 6.92 Å². The molecule has 0 saturated heterocycles. The second-order valence-corrected chi connectivity index (χ2v) is 8.24. The van der Waals surface area contributed by atoms with E-state index < -0.39 is 29.0 Å². The van der Waals surface area contributed by atoms with Crippen LogP contribution in [0.15, 0.2) is 83.9 Å². The minimum atomic E-state index is -0.809. The molecule has 4 aromatic rings. The lowest BCUT2D eigenvalue weighted by Crippen LogP contribution is -2.39. The van der Waals surface area contributed by atoms with Crippen LogP contribution in [0.5, 0.6) is 0 Å². The highest BCUT2D eigenvalue weighted by atomic mass is 19.1.